The fourth-order valence-electron chi connectivity index (χ4n) is 1.77. The van der Waals surface area contributed by atoms with E-state index in [1.54, 1.807) is 32.2 Å². The molecule has 0 aliphatic rings. The monoisotopic (exact) mass is 328 g/mol. The molecule has 2 rings (SSSR count). The highest BCUT2D eigenvalue weighted by atomic mass is 16.6. The largest absolute Gasteiger partial charge is 0.481 e. The minimum atomic E-state index is -0.813. The zero-order chi connectivity index (χ0) is 17.5. The van der Waals surface area contributed by atoms with Gasteiger partial charge in [0.2, 0.25) is 0 Å². The second kappa shape index (κ2) is 7.82. The number of hydrazone groups is 1. The van der Waals surface area contributed by atoms with Crippen LogP contribution in [0.25, 0.3) is 0 Å². The highest BCUT2D eigenvalue weighted by molar-refractivity contribution is 5.97. The molecule has 8 heteroatoms. The van der Waals surface area contributed by atoms with Gasteiger partial charge in [0.05, 0.1) is 16.3 Å². The van der Waals surface area contributed by atoms with Gasteiger partial charge in [-0.2, -0.15) is 5.10 Å². The summed E-state index contributed by atoms with van der Waals surface area (Å²) < 4.78 is 5.43. The lowest BCUT2D eigenvalue weighted by Crippen LogP contribution is -2.34. The zero-order valence-corrected chi connectivity index (χ0v) is 13.2. The van der Waals surface area contributed by atoms with Crippen LogP contribution < -0.4 is 10.2 Å². The van der Waals surface area contributed by atoms with Gasteiger partial charge in [0.25, 0.3) is 11.6 Å². The first-order valence-corrected chi connectivity index (χ1v) is 7.14. The highest BCUT2D eigenvalue weighted by Crippen LogP contribution is 2.18. The number of aromatic nitrogens is 1. The van der Waals surface area contributed by atoms with E-state index in [0.717, 1.165) is 0 Å². The Morgan fingerprint density at radius 1 is 1.29 bits per heavy atom. The summed E-state index contributed by atoms with van der Waals surface area (Å²) in [5.74, 6) is -0.0858. The van der Waals surface area contributed by atoms with E-state index in [9.17, 15) is 14.9 Å². The SMILES string of the molecule is CC(=NNC(=O)[C@H](C)Oc1ccc([N+](=O)[O-])cc1)c1ccccn1. The van der Waals surface area contributed by atoms with Crippen LogP contribution in [0.3, 0.4) is 0 Å². The number of nitro groups is 1. The quantitative estimate of drug-likeness (QED) is 0.497. The Bertz CT molecular complexity index is 744. The van der Waals surface area contributed by atoms with Crippen molar-refractivity contribution in [2.75, 3.05) is 0 Å². The zero-order valence-electron chi connectivity index (χ0n) is 13.2. The second-order valence-electron chi connectivity index (χ2n) is 4.90. The van der Waals surface area contributed by atoms with Crippen LogP contribution >= 0.6 is 0 Å². The van der Waals surface area contributed by atoms with Crippen molar-refractivity contribution in [2.24, 2.45) is 5.10 Å². The van der Waals surface area contributed by atoms with Crippen molar-refractivity contribution in [1.82, 2.24) is 10.4 Å². The number of non-ortho nitro benzene ring substituents is 1. The number of carbonyl (C=O) groups is 1. The van der Waals surface area contributed by atoms with Gasteiger partial charge in [0, 0.05) is 18.3 Å². The summed E-state index contributed by atoms with van der Waals surface area (Å²) in [6.45, 7) is 3.28. The Labute approximate surface area is 138 Å². The molecule has 0 spiro atoms. The molecular formula is C16H16N4O4. The van der Waals surface area contributed by atoms with Crippen molar-refractivity contribution >= 4 is 17.3 Å². The third-order valence-electron chi connectivity index (χ3n) is 3.10. The number of pyridine rings is 1. The van der Waals surface area contributed by atoms with Crippen molar-refractivity contribution < 1.29 is 14.5 Å². The van der Waals surface area contributed by atoms with Gasteiger partial charge >= 0.3 is 0 Å². The number of amides is 1. The lowest BCUT2D eigenvalue weighted by molar-refractivity contribution is -0.384. The van der Waals surface area contributed by atoms with Crippen molar-refractivity contribution in [3.8, 4) is 5.75 Å². The standard InChI is InChI=1S/C16H16N4O4/c1-11(15-5-3-4-10-17-15)18-19-16(21)12(2)24-14-8-6-13(7-9-14)20(22)23/h3-10,12H,1-2H3,(H,19,21)/t12-/m0/s1. The molecule has 1 N–H and O–H groups in total. The van der Waals surface area contributed by atoms with Gasteiger partial charge in [-0.25, -0.2) is 5.43 Å². The number of hydrogen-bond acceptors (Lipinski definition) is 6. The Morgan fingerprint density at radius 2 is 2.00 bits per heavy atom. The third kappa shape index (κ3) is 4.60. The number of nitrogens with zero attached hydrogens (tertiary/aromatic N) is 3. The number of nitrogens with one attached hydrogen (secondary N) is 1. The van der Waals surface area contributed by atoms with Crippen LogP contribution in [0, 0.1) is 10.1 Å². The molecule has 0 saturated heterocycles. The van der Waals surface area contributed by atoms with Crippen LogP contribution in [0.5, 0.6) is 5.75 Å². The van der Waals surface area contributed by atoms with Gasteiger partial charge in [-0.3, -0.25) is 19.9 Å². The van der Waals surface area contributed by atoms with Gasteiger partial charge in [-0.15, -0.1) is 0 Å². The van der Waals surface area contributed by atoms with Gasteiger partial charge in [0.1, 0.15) is 5.75 Å². The molecule has 1 atom stereocenters. The molecule has 124 valence electrons. The minimum absolute atomic E-state index is 0.0463. The van der Waals surface area contributed by atoms with E-state index in [-0.39, 0.29) is 5.69 Å². The predicted octanol–water partition coefficient (Wildman–Crippen LogP) is 2.30. The summed E-state index contributed by atoms with van der Waals surface area (Å²) in [7, 11) is 0. The van der Waals surface area contributed by atoms with Crippen molar-refractivity contribution in [3.05, 3.63) is 64.5 Å². The van der Waals surface area contributed by atoms with E-state index in [1.807, 2.05) is 6.07 Å². The van der Waals surface area contributed by atoms with Crippen LogP contribution in [0.15, 0.2) is 53.8 Å². The summed E-state index contributed by atoms with van der Waals surface area (Å²) >= 11 is 0. The average Bonchev–Trinajstić information content (AvgIpc) is 2.60. The number of hydrogen-bond donors (Lipinski definition) is 1. The van der Waals surface area contributed by atoms with Gasteiger partial charge in [0.15, 0.2) is 6.10 Å². The van der Waals surface area contributed by atoms with E-state index in [4.69, 9.17) is 4.74 Å². The molecule has 0 aliphatic carbocycles. The number of carbonyl (C=O) groups excluding carboxylic acids is 1. The van der Waals surface area contributed by atoms with Gasteiger partial charge in [-0.1, -0.05) is 6.07 Å². The summed E-state index contributed by atoms with van der Waals surface area (Å²) in [5, 5.41) is 14.6. The van der Waals surface area contributed by atoms with E-state index in [2.05, 4.69) is 15.5 Å². The topological polar surface area (TPSA) is 107 Å². The van der Waals surface area contributed by atoms with Gasteiger partial charge < -0.3 is 4.74 Å². The summed E-state index contributed by atoms with van der Waals surface area (Å²) in [4.78, 5) is 26.2. The first kappa shape index (κ1) is 17.1. The molecule has 0 unspecified atom stereocenters. The first-order chi connectivity index (χ1) is 11.5. The Hall–Kier alpha value is -3.29. The Morgan fingerprint density at radius 3 is 2.58 bits per heavy atom. The fourth-order valence-corrected chi connectivity index (χ4v) is 1.77. The molecule has 1 amide bonds. The fraction of sp³-hybridized carbons (Fsp3) is 0.188. The number of ether oxygens (including phenoxy) is 1. The third-order valence-corrected chi connectivity index (χ3v) is 3.10. The molecular weight excluding hydrogens is 312 g/mol. The van der Waals surface area contributed by atoms with Crippen molar-refractivity contribution in [1.29, 1.82) is 0 Å². The minimum Gasteiger partial charge on any atom is -0.481 e. The van der Waals surface area contributed by atoms with Crippen molar-refractivity contribution in [2.45, 2.75) is 20.0 Å². The summed E-state index contributed by atoms with van der Waals surface area (Å²) in [6, 6.07) is 10.9. The summed E-state index contributed by atoms with van der Waals surface area (Å²) in [6.07, 6.45) is 0.822. The van der Waals surface area contributed by atoms with E-state index in [0.29, 0.717) is 17.2 Å². The van der Waals surface area contributed by atoms with Crippen LogP contribution in [0.4, 0.5) is 5.69 Å². The van der Waals surface area contributed by atoms with Crippen LogP contribution in [-0.4, -0.2) is 27.6 Å². The molecule has 0 fully saturated rings. The lowest BCUT2D eigenvalue weighted by Gasteiger charge is -2.13. The first-order valence-electron chi connectivity index (χ1n) is 7.14. The number of benzene rings is 1. The Balaban J connectivity index is 1.93. The van der Waals surface area contributed by atoms with Gasteiger partial charge in [-0.05, 0) is 38.1 Å². The highest BCUT2D eigenvalue weighted by Gasteiger charge is 2.15. The molecule has 1 aromatic carbocycles. The number of nitro benzene ring substituents is 1. The molecule has 0 bridgehead atoms. The van der Waals surface area contributed by atoms with Crippen LogP contribution in [0.1, 0.15) is 19.5 Å². The predicted molar refractivity (Wildman–Crippen MR) is 87.8 cm³/mol. The summed E-state index contributed by atoms with van der Waals surface area (Å²) in [5.41, 5.74) is 3.58. The second-order valence-corrected chi connectivity index (χ2v) is 4.90. The molecule has 8 nitrogen and oxygen atoms in total. The normalized spacial score (nSPS) is 12.3. The maximum atomic E-state index is 12.0. The molecule has 1 aromatic heterocycles. The molecule has 24 heavy (non-hydrogen) atoms. The van der Waals surface area contributed by atoms with E-state index < -0.39 is 16.9 Å². The van der Waals surface area contributed by atoms with Crippen molar-refractivity contribution in [3.63, 3.8) is 0 Å². The smallest absolute Gasteiger partial charge is 0.280 e. The van der Waals surface area contributed by atoms with E-state index in [1.165, 1.54) is 24.3 Å². The number of rotatable bonds is 6. The molecule has 0 radical (unpaired) electrons. The molecule has 2 aromatic rings. The maximum Gasteiger partial charge on any atom is 0.280 e. The molecule has 0 saturated carbocycles. The van der Waals surface area contributed by atoms with E-state index >= 15 is 0 Å². The molecule has 1 heterocycles. The Kier molecular flexibility index (Phi) is 5.56. The molecule has 0 aliphatic heterocycles. The maximum absolute atomic E-state index is 12.0. The van der Waals surface area contributed by atoms with Crippen LogP contribution in [0.2, 0.25) is 0 Å². The van der Waals surface area contributed by atoms with Crippen LogP contribution in [-0.2, 0) is 4.79 Å². The average molecular weight is 328 g/mol. The lowest BCUT2D eigenvalue weighted by atomic mass is 10.3.